The molecule has 2 bridgehead atoms. The third-order valence-electron chi connectivity index (χ3n) is 7.21. The molecule has 3 atom stereocenters. The summed E-state index contributed by atoms with van der Waals surface area (Å²) in [5, 5.41) is 16.0. The second kappa shape index (κ2) is 10.0. The van der Waals surface area contributed by atoms with E-state index in [-0.39, 0.29) is 0 Å². The predicted molar refractivity (Wildman–Crippen MR) is 133 cm³/mol. The quantitative estimate of drug-likeness (QED) is 0.540. The highest BCUT2D eigenvalue weighted by Gasteiger charge is 2.43. The van der Waals surface area contributed by atoms with E-state index in [9.17, 15) is 5.11 Å². The summed E-state index contributed by atoms with van der Waals surface area (Å²) in [6.45, 7) is 0.881. The lowest BCUT2D eigenvalue weighted by atomic mass is 9.95. The highest BCUT2D eigenvalue weighted by atomic mass is 16.5. The Morgan fingerprint density at radius 2 is 1.91 bits per heavy atom. The summed E-state index contributed by atoms with van der Waals surface area (Å²) in [7, 11) is 1.68. The highest BCUT2D eigenvalue weighted by molar-refractivity contribution is 5.83. The number of fused-ring (bicyclic) bond motifs is 3. The number of rotatable bonds is 8. The monoisotopic (exact) mass is 443 g/mol. The minimum atomic E-state index is -0.474. The van der Waals surface area contributed by atoms with Crippen LogP contribution in [0.25, 0.3) is 17.0 Å². The number of methoxy groups -OCH3 is 1. The number of hydrogen-bond acceptors (Lipinski definition) is 5. The van der Waals surface area contributed by atoms with Gasteiger partial charge in [0.2, 0.25) is 0 Å². The number of aliphatic hydroxyl groups excluding tert-OH is 1. The van der Waals surface area contributed by atoms with E-state index in [1.807, 2.05) is 36.5 Å². The number of ether oxygens (including phenoxy) is 1. The molecule has 5 heteroatoms. The normalized spacial score (nSPS) is 23.9. The lowest BCUT2D eigenvalue weighted by Crippen LogP contribution is -2.53. The third kappa shape index (κ3) is 4.96. The first-order valence-corrected chi connectivity index (χ1v) is 12.0. The van der Waals surface area contributed by atoms with Crippen molar-refractivity contribution in [2.24, 2.45) is 0 Å². The van der Waals surface area contributed by atoms with E-state index in [1.54, 1.807) is 7.11 Å². The second-order valence-electron chi connectivity index (χ2n) is 9.26. The zero-order chi connectivity index (χ0) is 22.6. The summed E-state index contributed by atoms with van der Waals surface area (Å²) in [6, 6.07) is 19.8. The van der Waals surface area contributed by atoms with Gasteiger partial charge in [-0.25, -0.2) is 0 Å². The molecule has 2 saturated heterocycles. The summed E-state index contributed by atoms with van der Waals surface area (Å²) in [4.78, 5) is 6.86. The van der Waals surface area contributed by atoms with Gasteiger partial charge in [0.15, 0.2) is 0 Å². The Labute approximate surface area is 196 Å². The van der Waals surface area contributed by atoms with Gasteiger partial charge < -0.3 is 15.2 Å². The highest BCUT2D eigenvalue weighted by Crippen LogP contribution is 2.38. The average Bonchev–Trinajstić information content (AvgIpc) is 3.12. The standard InChI is InChI=1S/C28H33N3O2/c1-33-25-11-12-27-26(19-25)21(13-15-30-27)16-28(32)31-23-9-10-24(31)18-22(17-23)29-14-5-8-20-6-3-2-4-7-20/h2-8,11-13,15,19,22-24,28-29,32H,9-10,14,16-18H2,1H3. The average molecular weight is 444 g/mol. The Balaban J connectivity index is 1.20. The minimum absolute atomic E-state index is 0.442. The maximum atomic E-state index is 11.3. The summed E-state index contributed by atoms with van der Waals surface area (Å²) in [5.74, 6) is 0.819. The second-order valence-corrected chi connectivity index (χ2v) is 9.26. The van der Waals surface area contributed by atoms with E-state index in [4.69, 9.17) is 4.74 Å². The Morgan fingerprint density at radius 1 is 1.12 bits per heavy atom. The number of pyridine rings is 1. The molecule has 0 spiro atoms. The minimum Gasteiger partial charge on any atom is -0.497 e. The van der Waals surface area contributed by atoms with E-state index < -0.39 is 6.23 Å². The van der Waals surface area contributed by atoms with Crippen LogP contribution in [0.5, 0.6) is 5.75 Å². The predicted octanol–water partition coefficient (Wildman–Crippen LogP) is 4.40. The smallest absolute Gasteiger partial charge is 0.119 e. The summed E-state index contributed by atoms with van der Waals surface area (Å²) >= 11 is 0. The van der Waals surface area contributed by atoms with E-state index >= 15 is 0 Å². The van der Waals surface area contributed by atoms with Gasteiger partial charge in [-0.1, -0.05) is 42.5 Å². The first-order chi connectivity index (χ1) is 16.2. The van der Waals surface area contributed by atoms with Crippen molar-refractivity contribution in [1.82, 2.24) is 15.2 Å². The Hall–Kier alpha value is -2.73. The summed E-state index contributed by atoms with van der Waals surface area (Å²) in [6.07, 6.45) is 10.9. The van der Waals surface area contributed by atoms with Crippen molar-refractivity contribution in [3.05, 3.63) is 78.0 Å². The van der Waals surface area contributed by atoms with Crippen molar-refractivity contribution in [3.8, 4) is 5.75 Å². The van der Waals surface area contributed by atoms with Crippen LogP contribution < -0.4 is 10.1 Å². The largest absolute Gasteiger partial charge is 0.497 e. The number of aromatic nitrogens is 1. The van der Waals surface area contributed by atoms with Crippen molar-refractivity contribution >= 4 is 17.0 Å². The maximum Gasteiger partial charge on any atom is 0.119 e. The lowest BCUT2D eigenvalue weighted by molar-refractivity contribution is -0.0509. The molecule has 172 valence electrons. The first-order valence-electron chi connectivity index (χ1n) is 12.0. The van der Waals surface area contributed by atoms with Crippen LogP contribution in [0.15, 0.2) is 66.9 Å². The summed E-state index contributed by atoms with van der Waals surface area (Å²) < 4.78 is 5.41. The van der Waals surface area contributed by atoms with Crippen molar-refractivity contribution in [1.29, 1.82) is 0 Å². The zero-order valence-corrected chi connectivity index (χ0v) is 19.2. The molecule has 2 aromatic carbocycles. The molecule has 1 aromatic heterocycles. The summed E-state index contributed by atoms with van der Waals surface area (Å²) in [5.41, 5.74) is 3.30. The molecule has 5 nitrogen and oxygen atoms in total. The van der Waals surface area contributed by atoms with Gasteiger partial charge in [0.05, 0.1) is 12.6 Å². The molecule has 0 radical (unpaired) electrons. The fourth-order valence-electron chi connectivity index (χ4n) is 5.65. The molecule has 2 aliphatic heterocycles. The molecule has 5 rings (SSSR count). The Morgan fingerprint density at radius 3 is 2.67 bits per heavy atom. The van der Waals surface area contributed by atoms with Crippen LogP contribution in [0.3, 0.4) is 0 Å². The molecule has 0 amide bonds. The van der Waals surface area contributed by atoms with Gasteiger partial charge >= 0.3 is 0 Å². The van der Waals surface area contributed by atoms with Crippen molar-refractivity contribution in [3.63, 3.8) is 0 Å². The van der Waals surface area contributed by atoms with Crippen molar-refractivity contribution < 1.29 is 9.84 Å². The fraction of sp³-hybridized carbons (Fsp3) is 0.393. The zero-order valence-electron chi connectivity index (χ0n) is 19.2. The number of benzene rings is 2. The van der Waals surface area contributed by atoms with Crippen LogP contribution in [0.4, 0.5) is 0 Å². The van der Waals surface area contributed by atoms with Gasteiger partial charge in [0, 0.05) is 42.7 Å². The van der Waals surface area contributed by atoms with Crippen molar-refractivity contribution in [2.75, 3.05) is 13.7 Å². The molecule has 0 saturated carbocycles. The molecule has 33 heavy (non-hydrogen) atoms. The SMILES string of the molecule is COc1ccc2nccc(CC(O)N3C4CCC3CC(NCC=Cc3ccccc3)C4)c2c1. The number of hydrogen-bond donors (Lipinski definition) is 2. The molecular weight excluding hydrogens is 410 g/mol. The molecular formula is C28H33N3O2. The van der Waals surface area contributed by atoms with Crippen LogP contribution >= 0.6 is 0 Å². The van der Waals surface area contributed by atoms with Crippen molar-refractivity contribution in [2.45, 2.75) is 56.5 Å². The fourth-order valence-corrected chi connectivity index (χ4v) is 5.65. The van der Waals surface area contributed by atoms with Gasteiger partial charge in [-0.05, 0) is 61.1 Å². The van der Waals surface area contributed by atoms with Crippen LogP contribution in [0.1, 0.15) is 36.8 Å². The van der Waals surface area contributed by atoms with Crippen LogP contribution in [-0.4, -0.2) is 53.0 Å². The van der Waals surface area contributed by atoms with Crippen LogP contribution in [0, 0.1) is 0 Å². The number of aliphatic hydroxyl groups is 1. The van der Waals surface area contributed by atoms with E-state index in [0.717, 1.165) is 41.6 Å². The topological polar surface area (TPSA) is 57.6 Å². The molecule has 2 aliphatic rings. The van der Waals surface area contributed by atoms with E-state index in [2.05, 4.69) is 51.6 Å². The van der Waals surface area contributed by atoms with E-state index in [0.29, 0.717) is 24.5 Å². The Kier molecular flexibility index (Phi) is 6.72. The van der Waals surface area contributed by atoms with Gasteiger partial charge in [-0.2, -0.15) is 0 Å². The molecule has 3 heterocycles. The van der Waals surface area contributed by atoms with Gasteiger partial charge in [0.25, 0.3) is 0 Å². The maximum absolute atomic E-state index is 11.3. The van der Waals surface area contributed by atoms with Gasteiger partial charge in [-0.15, -0.1) is 0 Å². The van der Waals surface area contributed by atoms with Crippen LogP contribution in [-0.2, 0) is 6.42 Å². The molecule has 3 aromatic rings. The number of nitrogens with zero attached hydrogens (tertiary/aromatic N) is 2. The van der Waals surface area contributed by atoms with E-state index in [1.165, 1.54) is 18.4 Å². The third-order valence-corrected chi connectivity index (χ3v) is 7.21. The molecule has 3 unspecified atom stereocenters. The molecule has 0 aliphatic carbocycles. The lowest BCUT2D eigenvalue weighted by Gasteiger charge is -2.42. The molecule has 2 N–H and O–H groups in total. The first kappa shape index (κ1) is 22.1. The van der Waals surface area contributed by atoms with Gasteiger partial charge in [-0.3, -0.25) is 9.88 Å². The number of piperidine rings is 1. The van der Waals surface area contributed by atoms with Crippen LogP contribution in [0.2, 0.25) is 0 Å². The molecule has 2 fully saturated rings. The Bertz CT molecular complexity index is 1090. The number of nitrogens with one attached hydrogen (secondary N) is 1. The van der Waals surface area contributed by atoms with Gasteiger partial charge in [0.1, 0.15) is 12.0 Å².